The first-order chi connectivity index (χ1) is 21.8. The maximum Gasteiger partial charge on any atom is 0.0708 e. The minimum atomic E-state index is 0. The van der Waals surface area contributed by atoms with Gasteiger partial charge in [-0.3, -0.25) is 4.98 Å². The molecule has 4 atom stereocenters. The predicted molar refractivity (Wildman–Crippen MR) is 197 cm³/mol. The molecule has 0 N–H and O–H groups in total. The number of unbranched alkanes of at least 4 members (excludes halogenated alkanes) is 2. The molecule has 5 rings (SSSR count). The first-order valence-electron chi connectivity index (χ1n) is 17.3. The first-order valence-corrected chi connectivity index (χ1v) is 17.3. The maximum absolute atomic E-state index is 4.76. The van der Waals surface area contributed by atoms with Gasteiger partial charge in [-0.15, -0.1) is 6.58 Å². The molecule has 1 aromatic carbocycles. The summed E-state index contributed by atoms with van der Waals surface area (Å²) in [5.74, 6) is 9.65. The van der Waals surface area contributed by atoms with Crippen LogP contribution >= 0.6 is 0 Å². The Morgan fingerprint density at radius 3 is 2.76 bits per heavy atom. The standard InChI is InChI=1S/C44H52N.H2/c1-7-13-36(18-11-14-31(2)3)40-22-20-32(4)15-12-19-41(40)42-24-25-45-44-23-21-35(29-43(42)44)16-9-8-10-17-37-26-33(5)27-38-30-39(38)28-34(37)6;/h7,11,14,18-19,21-25,29-30,32-34,37H,1-2,8-10,13,16-17,20,26-28H2,3-6H3;1H/b14-11-,36-18+,40-22+,41-19+;. The number of fused-ring (bicyclic) bond motifs is 1. The molecule has 3 aliphatic rings. The van der Waals surface area contributed by atoms with E-state index < -0.39 is 0 Å². The lowest BCUT2D eigenvalue weighted by Gasteiger charge is -2.27. The summed E-state index contributed by atoms with van der Waals surface area (Å²) in [5.41, 5.74) is 11.7. The van der Waals surface area contributed by atoms with E-state index >= 15 is 0 Å². The van der Waals surface area contributed by atoms with Gasteiger partial charge in [-0.2, -0.15) is 0 Å². The Kier molecular flexibility index (Phi) is 11.3. The Hall–Kier alpha value is -3.63. The number of aryl methyl sites for hydroxylation is 1. The van der Waals surface area contributed by atoms with E-state index in [0.717, 1.165) is 48.1 Å². The van der Waals surface area contributed by atoms with Crippen LogP contribution in [0, 0.1) is 41.9 Å². The molecule has 1 aromatic heterocycles. The fourth-order valence-corrected chi connectivity index (χ4v) is 7.25. The molecule has 0 spiro atoms. The maximum atomic E-state index is 4.76. The third kappa shape index (κ3) is 8.98. The normalized spacial score (nSPS) is 25.9. The highest BCUT2D eigenvalue weighted by atomic mass is 14.6. The van der Waals surface area contributed by atoms with Gasteiger partial charge in [0.1, 0.15) is 0 Å². The summed E-state index contributed by atoms with van der Waals surface area (Å²) in [6, 6.07) is 9.05. The number of rotatable bonds is 12. The summed E-state index contributed by atoms with van der Waals surface area (Å²) in [5, 5.41) is 1.21. The highest BCUT2D eigenvalue weighted by Gasteiger charge is 2.31. The lowest BCUT2D eigenvalue weighted by molar-refractivity contribution is 0.262. The lowest BCUT2D eigenvalue weighted by Crippen LogP contribution is -2.16. The highest BCUT2D eigenvalue weighted by molar-refractivity contribution is 5.98. The fourth-order valence-electron chi connectivity index (χ4n) is 7.25. The van der Waals surface area contributed by atoms with Crippen LogP contribution in [0.1, 0.15) is 98.0 Å². The molecule has 0 bridgehead atoms. The molecule has 45 heavy (non-hydrogen) atoms. The first kappa shape index (κ1) is 32.8. The highest BCUT2D eigenvalue weighted by Crippen LogP contribution is 2.46. The number of pyridine rings is 1. The molecule has 1 nitrogen and oxygen atoms in total. The quantitative estimate of drug-likeness (QED) is 0.103. The summed E-state index contributed by atoms with van der Waals surface area (Å²) < 4.78 is 0. The van der Waals surface area contributed by atoms with Crippen LogP contribution in [0.5, 0.6) is 0 Å². The zero-order valence-electron chi connectivity index (χ0n) is 28.2. The van der Waals surface area contributed by atoms with Crippen LogP contribution in [-0.2, 0) is 6.42 Å². The van der Waals surface area contributed by atoms with Crippen LogP contribution in [0.4, 0.5) is 0 Å². The van der Waals surface area contributed by atoms with Crippen molar-refractivity contribution in [3.8, 4) is 11.8 Å². The summed E-state index contributed by atoms with van der Waals surface area (Å²) >= 11 is 0. The minimum absolute atomic E-state index is 0. The average Bonchev–Trinajstić information content (AvgIpc) is 3.72. The third-order valence-electron chi connectivity index (χ3n) is 9.83. The van der Waals surface area contributed by atoms with Gasteiger partial charge in [0.05, 0.1) is 5.52 Å². The molecule has 0 aliphatic heterocycles. The van der Waals surface area contributed by atoms with Crippen LogP contribution in [0.3, 0.4) is 0 Å². The SMILES string of the molecule is C=CCC(=C\C=C/C(=C)C)/C1=C\CC(C)C#C/C=C\1c1ccnc2ccc(CCCCCC3CC(C)CC4=C([CH]4)CC3C)cc12.[HH]. The Morgan fingerprint density at radius 2 is 1.93 bits per heavy atom. The zero-order chi connectivity index (χ0) is 31.8. The summed E-state index contributed by atoms with van der Waals surface area (Å²) in [7, 11) is 0. The topological polar surface area (TPSA) is 12.9 Å². The van der Waals surface area contributed by atoms with Crippen molar-refractivity contribution in [3.63, 3.8) is 0 Å². The van der Waals surface area contributed by atoms with Crippen molar-refractivity contribution in [3.05, 3.63) is 125 Å². The largest absolute Gasteiger partial charge is 0.256 e. The number of hydrogen-bond acceptors (Lipinski definition) is 1. The van der Waals surface area contributed by atoms with Crippen molar-refractivity contribution in [1.29, 1.82) is 0 Å². The smallest absolute Gasteiger partial charge is 0.0708 e. The molecule has 1 heterocycles. The Balaban J connectivity index is 0.00000480. The minimum Gasteiger partial charge on any atom is -0.256 e. The lowest BCUT2D eigenvalue weighted by atomic mass is 9.78. The molecule has 2 aromatic rings. The van der Waals surface area contributed by atoms with E-state index in [1.807, 2.05) is 19.2 Å². The molecule has 0 amide bonds. The van der Waals surface area contributed by atoms with E-state index in [-0.39, 0.29) is 1.43 Å². The number of allylic oxidation sites excluding steroid dienone is 12. The molecule has 0 saturated heterocycles. The van der Waals surface area contributed by atoms with Crippen molar-refractivity contribution in [2.24, 2.45) is 23.7 Å². The van der Waals surface area contributed by atoms with Gasteiger partial charge in [0.2, 0.25) is 0 Å². The molecular weight excluding hydrogens is 542 g/mol. The number of benzene rings is 1. The van der Waals surface area contributed by atoms with Crippen LogP contribution in [-0.4, -0.2) is 4.98 Å². The van der Waals surface area contributed by atoms with E-state index in [9.17, 15) is 0 Å². The van der Waals surface area contributed by atoms with Gasteiger partial charge in [-0.05, 0) is 122 Å². The van der Waals surface area contributed by atoms with Gasteiger partial charge in [0.25, 0.3) is 0 Å². The zero-order valence-corrected chi connectivity index (χ0v) is 28.2. The van der Waals surface area contributed by atoms with Crippen molar-refractivity contribution in [2.75, 3.05) is 0 Å². The van der Waals surface area contributed by atoms with Crippen molar-refractivity contribution in [2.45, 2.75) is 91.9 Å². The van der Waals surface area contributed by atoms with Gasteiger partial charge in [0.15, 0.2) is 0 Å². The summed E-state index contributed by atoms with van der Waals surface area (Å²) in [4.78, 5) is 4.76. The third-order valence-corrected chi connectivity index (χ3v) is 9.83. The Labute approximate surface area is 275 Å². The van der Waals surface area contributed by atoms with Crippen LogP contribution < -0.4 is 0 Å². The fraction of sp³-hybridized carbons (Fsp3) is 0.409. The number of aromatic nitrogens is 1. The van der Waals surface area contributed by atoms with Gasteiger partial charge in [-0.25, -0.2) is 0 Å². The summed E-state index contributed by atoms with van der Waals surface area (Å²) in [6.07, 6.45) is 29.4. The Morgan fingerprint density at radius 1 is 1.09 bits per heavy atom. The molecule has 0 fully saturated rings. The Bertz CT molecular complexity index is 1630. The van der Waals surface area contributed by atoms with Crippen LogP contribution in [0.25, 0.3) is 16.5 Å². The summed E-state index contributed by atoms with van der Waals surface area (Å²) in [6.45, 7) is 17.3. The second-order valence-electron chi connectivity index (χ2n) is 14.0. The molecule has 235 valence electrons. The molecule has 3 aliphatic carbocycles. The number of nitrogens with zero attached hydrogens (tertiary/aromatic N) is 1. The predicted octanol–water partition coefficient (Wildman–Crippen LogP) is 12.2. The monoisotopic (exact) mass is 596 g/mol. The molecule has 1 radical (unpaired) electrons. The van der Waals surface area contributed by atoms with E-state index in [1.165, 1.54) is 78.2 Å². The van der Waals surface area contributed by atoms with E-state index in [0.29, 0.717) is 5.92 Å². The molecular formula is C44H54N. The van der Waals surface area contributed by atoms with Crippen LogP contribution in [0.2, 0.25) is 0 Å². The van der Waals surface area contributed by atoms with Crippen molar-refractivity contribution < 1.29 is 1.43 Å². The molecule has 0 saturated carbocycles. The van der Waals surface area contributed by atoms with Gasteiger partial charge in [0, 0.05) is 25.3 Å². The van der Waals surface area contributed by atoms with E-state index in [1.54, 1.807) is 11.1 Å². The second-order valence-corrected chi connectivity index (χ2v) is 14.0. The van der Waals surface area contributed by atoms with Crippen molar-refractivity contribution in [1.82, 2.24) is 4.98 Å². The van der Waals surface area contributed by atoms with E-state index in [4.69, 9.17) is 4.98 Å². The van der Waals surface area contributed by atoms with Crippen molar-refractivity contribution >= 4 is 16.5 Å². The van der Waals surface area contributed by atoms with Gasteiger partial charge in [-0.1, -0.05) is 112 Å². The van der Waals surface area contributed by atoms with Gasteiger partial charge >= 0.3 is 0 Å². The molecule has 1 heteroatoms. The van der Waals surface area contributed by atoms with E-state index in [2.05, 4.69) is 107 Å². The van der Waals surface area contributed by atoms with Crippen LogP contribution in [0.15, 0.2) is 108 Å². The number of hydrogen-bond donors (Lipinski definition) is 0. The molecule has 4 unspecified atom stereocenters. The van der Waals surface area contributed by atoms with Gasteiger partial charge < -0.3 is 0 Å². The average molecular weight is 597 g/mol. The second kappa shape index (κ2) is 15.6.